The van der Waals surface area contributed by atoms with Crippen molar-refractivity contribution < 1.29 is 34.2 Å². The van der Waals surface area contributed by atoms with Gasteiger partial charge in [-0.05, 0) is 25.2 Å². The van der Waals surface area contributed by atoms with Gasteiger partial charge in [0, 0.05) is 13.0 Å². The Morgan fingerprint density at radius 1 is 0.906 bits per heavy atom. The number of nitrogens with one attached hydrogen (secondary N) is 3. The average molecular weight is 460 g/mol. The first-order chi connectivity index (χ1) is 14.9. The molecule has 0 rings (SSSR count). The molecule has 0 spiro atoms. The molecule has 0 heterocycles. The van der Waals surface area contributed by atoms with E-state index in [4.69, 9.17) is 22.3 Å². The zero-order chi connectivity index (χ0) is 24.8. The summed E-state index contributed by atoms with van der Waals surface area (Å²) < 4.78 is 0. The van der Waals surface area contributed by atoms with Crippen molar-refractivity contribution in [1.29, 1.82) is 0 Å². The normalized spacial score (nSPS) is 13.4. The summed E-state index contributed by atoms with van der Waals surface area (Å²) in [5.74, 6) is -5.18. The van der Waals surface area contributed by atoms with E-state index in [1.54, 1.807) is 13.8 Å². The van der Waals surface area contributed by atoms with Gasteiger partial charge in [-0.1, -0.05) is 13.8 Å². The number of carboxylic acid groups (broad SMARTS) is 2. The predicted octanol–water partition coefficient (Wildman–Crippen LogP) is -2.94. The first-order valence-electron chi connectivity index (χ1n) is 9.99. The van der Waals surface area contributed by atoms with Crippen molar-refractivity contribution in [3.8, 4) is 0 Å². The van der Waals surface area contributed by atoms with E-state index < -0.39 is 54.2 Å². The smallest absolute Gasteiger partial charge is 0.326 e. The van der Waals surface area contributed by atoms with Gasteiger partial charge in [0.2, 0.25) is 17.7 Å². The summed E-state index contributed by atoms with van der Waals surface area (Å²) in [6.07, 6.45) is -0.495. The number of carbonyl (C=O) groups excluding carboxylic acids is 3. The van der Waals surface area contributed by atoms with Crippen molar-refractivity contribution in [2.75, 3.05) is 13.1 Å². The van der Waals surface area contributed by atoms with Crippen LogP contribution in [0.2, 0.25) is 0 Å². The van der Waals surface area contributed by atoms with Crippen LogP contribution in [0, 0.1) is 5.92 Å². The van der Waals surface area contributed by atoms with Crippen LogP contribution in [0.5, 0.6) is 0 Å². The molecule has 0 saturated carbocycles. The fourth-order valence-electron chi connectivity index (χ4n) is 2.60. The van der Waals surface area contributed by atoms with Gasteiger partial charge in [0.25, 0.3) is 0 Å². The highest BCUT2D eigenvalue weighted by Gasteiger charge is 2.30. The molecule has 32 heavy (non-hydrogen) atoms. The van der Waals surface area contributed by atoms with Crippen molar-refractivity contribution in [3.05, 3.63) is 0 Å². The molecule has 182 valence electrons. The Labute approximate surface area is 185 Å². The van der Waals surface area contributed by atoms with Crippen LogP contribution in [-0.4, -0.2) is 77.0 Å². The van der Waals surface area contributed by atoms with Gasteiger partial charge in [-0.2, -0.15) is 0 Å². The summed E-state index contributed by atoms with van der Waals surface area (Å²) in [6, 6.07) is -3.63. The first-order valence-corrected chi connectivity index (χ1v) is 9.99. The monoisotopic (exact) mass is 459 g/mol. The van der Waals surface area contributed by atoms with E-state index >= 15 is 0 Å². The second kappa shape index (κ2) is 14.6. The third-order valence-corrected chi connectivity index (χ3v) is 4.29. The average Bonchev–Trinajstić information content (AvgIpc) is 2.69. The second-order valence-corrected chi connectivity index (χ2v) is 7.34. The van der Waals surface area contributed by atoms with Crippen molar-refractivity contribution >= 4 is 35.6 Å². The van der Waals surface area contributed by atoms with Gasteiger partial charge in [0.05, 0.1) is 6.54 Å². The predicted molar refractivity (Wildman–Crippen MR) is 114 cm³/mol. The molecule has 3 amide bonds. The summed E-state index contributed by atoms with van der Waals surface area (Å²) in [5.41, 5.74) is 15.8. The molecular formula is C18H33N7O7. The van der Waals surface area contributed by atoms with Crippen molar-refractivity contribution in [1.82, 2.24) is 16.0 Å². The van der Waals surface area contributed by atoms with Gasteiger partial charge in [0.15, 0.2) is 5.96 Å². The molecule has 0 fully saturated rings. The Bertz CT molecular complexity index is 708. The number of carboxylic acids is 2. The van der Waals surface area contributed by atoms with Crippen LogP contribution in [0.4, 0.5) is 0 Å². The lowest BCUT2D eigenvalue weighted by molar-refractivity contribution is -0.143. The number of amides is 3. The minimum absolute atomic E-state index is 0.0509. The minimum Gasteiger partial charge on any atom is -0.481 e. The molecule has 0 aliphatic rings. The van der Waals surface area contributed by atoms with Crippen LogP contribution in [0.25, 0.3) is 0 Å². The standard InChI is InChI=1S/C18H33N7O7/c1-9(2)14(25-12(26)8-19)16(30)23-10(4-3-7-22-18(20)21)15(29)24-11(17(31)32)5-6-13(27)28/h9-11,14H,3-8,19H2,1-2H3,(H,23,30)(H,24,29)(H,25,26)(H,27,28)(H,31,32)(H4,20,21,22). The number of aliphatic carboxylic acids is 2. The van der Waals surface area contributed by atoms with Crippen LogP contribution in [0.3, 0.4) is 0 Å². The molecule has 0 radical (unpaired) electrons. The maximum Gasteiger partial charge on any atom is 0.326 e. The van der Waals surface area contributed by atoms with E-state index in [0.29, 0.717) is 0 Å². The molecule has 0 bridgehead atoms. The SMILES string of the molecule is CC(C)C(NC(=O)CN)C(=O)NC(CCCN=C(N)N)C(=O)NC(CCC(=O)O)C(=O)O. The molecule has 0 saturated heterocycles. The lowest BCUT2D eigenvalue weighted by atomic mass is 10.0. The highest BCUT2D eigenvalue weighted by molar-refractivity contribution is 5.93. The van der Waals surface area contributed by atoms with Gasteiger partial charge < -0.3 is 43.4 Å². The quantitative estimate of drug-likeness (QED) is 0.0702. The molecule has 11 N–H and O–H groups in total. The number of nitrogens with two attached hydrogens (primary N) is 3. The van der Waals surface area contributed by atoms with Crippen LogP contribution in [0.1, 0.15) is 39.5 Å². The van der Waals surface area contributed by atoms with Gasteiger partial charge in [-0.25, -0.2) is 4.79 Å². The Morgan fingerprint density at radius 3 is 1.97 bits per heavy atom. The van der Waals surface area contributed by atoms with E-state index in [0.717, 1.165) is 0 Å². The van der Waals surface area contributed by atoms with Gasteiger partial charge in [0.1, 0.15) is 18.1 Å². The summed E-state index contributed by atoms with van der Waals surface area (Å²) in [7, 11) is 0. The Morgan fingerprint density at radius 2 is 1.50 bits per heavy atom. The number of hydrogen-bond acceptors (Lipinski definition) is 7. The maximum atomic E-state index is 12.7. The molecule has 0 aromatic carbocycles. The number of carbonyl (C=O) groups is 5. The highest BCUT2D eigenvalue weighted by Crippen LogP contribution is 2.07. The van der Waals surface area contributed by atoms with Crippen LogP contribution in [0.15, 0.2) is 4.99 Å². The Balaban J connectivity index is 5.45. The third kappa shape index (κ3) is 11.7. The highest BCUT2D eigenvalue weighted by atomic mass is 16.4. The molecule has 14 nitrogen and oxygen atoms in total. The molecule has 0 aromatic heterocycles. The zero-order valence-corrected chi connectivity index (χ0v) is 18.2. The number of guanidine groups is 1. The van der Waals surface area contributed by atoms with E-state index in [1.165, 1.54) is 0 Å². The van der Waals surface area contributed by atoms with E-state index in [2.05, 4.69) is 20.9 Å². The molecule has 14 heteroatoms. The number of nitrogens with zero attached hydrogens (tertiary/aromatic N) is 1. The lowest BCUT2D eigenvalue weighted by Gasteiger charge is -2.26. The van der Waals surface area contributed by atoms with Crippen molar-refractivity contribution in [2.24, 2.45) is 28.1 Å². The van der Waals surface area contributed by atoms with Crippen molar-refractivity contribution in [2.45, 2.75) is 57.7 Å². The Kier molecular flexibility index (Phi) is 13.0. The van der Waals surface area contributed by atoms with E-state index in [1.807, 2.05) is 0 Å². The molecule has 3 atom stereocenters. The maximum absolute atomic E-state index is 12.7. The first kappa shape index (κ1) is 28.6. The van der Waals surface area contributed by atoms with Crippen molar-refractivity contribution in [3.63, 3.8) is 0 Å². The summed E-state index contributed by atoms with van der Waals surface area (Å²) in [6.45, 7) is 3.19. The second-order valence-electron chi connectivity index (χ2n) is 7.34. The lowest BCUT2D eigenvalue weighted by Crippen LogP contribution is -2.57. The van der Waals surface area contributed by atoms with Gasteiger partial charge in [-0.3, -0.25) is 24.2 Å². The zero-order valence-electron chi connectivity index (χ0n) is 18.2. The summed E-state index contributed by atoms with van der Waals surface area (Å²) in [5, 5.41) is 25.2. The number of rotatable bonds is 15. The fourth-order valence-corrected chi connectivity index (χ4v) is 2.60. The molecule has 0 aliphatic heterocycles. The third-order valence-electron chi connectivity index (χ3n) is 4.29. The van der Waals surface area contributed by atoms with Crippen LogP contribution in [-0.2, 0) is 24.0 Å². The van der Waals surface area contributed by atoms with E-state index in [-0.39, 0.29) is 44.2 Å². The molecule has 0 aliphatic carbocycles. The van der Waals surface area contributed by atoms with Crippen LogP contribution >= 0.6 is 0 Å². The Hall–Kier alpha value is -3.42. The van der Waals surface area contributed by atoms with Crippen LogP contribution < -0.4 is 33.2 Å². The van der Waals surface area contributed by atoms with Gasteiger partial charge >= 0.3 is 11.9 Å². The molecule has 0 aromatic rings. The van der Waals surface area contributed by atoms with E-state index in [9.17, 15) is 29.1 Å². The minimum atomic E-state index is -1.46. The van der Waals surface area contributed by atoms with Gasteiger partial charge in [-0.15, -0.1) is 0 Å². The topological polar surface area (TPSA) is 252 Å². The molecule has 3 unspecified atom stereocenters. The fraction of sp³-hybridized carbons (Fsp3) is 0.667. The summed E-state index contributed by atoms with van der Waals surface area (Å²) in [4.78, 5) is 62.9. The number of hydrogen-bond donors (Lipinski definition) is 8. The molecular weight excluding hydrogens is 426 g/mol. The largest absolute Gasteiger partial charge is 0.481 e. The number of aliphatic imine (C=N–C) groups is 1. The summed E-state index contributed by atoms with van der Waals surface area (Å²) >= 11 is 0.